The summed E-state index contributed by atoms with van der Waals surface area (Å²) >= 11 is 1.43. The molecule has 0 aliphatic rings. The van der Waals surface area contributed by atoms with Crippen molar-refractivity contribution in [2.75, 3.05) is 6.54 Å². The van der Waals surface area contributed by atoms with Crippen LogP contribution in [0.4, 0.5) is 8.78 Å². The smallest absolute Gasteiger partial charge is 0.143 e. The van der Waals surface area contributed by atoms with Crippen molar-refractivity contribution < 1.29 is 8.78 Å². The average Bonchev–Trinajstić information content (AvgIpc) is 2.66. The lowest BCUT2D eigenvalue weighted by atomic mass is 10.1. The Hall–Kier alpha value is -1.00. The van der Waals surface area contributed by atoms with Gasteiger partial charge in [-0.1, -0.05) is 20.8 Å². The zero-order valence-electron chi connectivity index (χ0n) is 11.5. The van der Waals surface area contributed by atoms with E-state index in [0.717, 1.165) is 41.4 Å². The van der Waals surface area contributed by atoms with Crippen molar-refractivity contribution >= 4 is 21.4 Å². The molecule has 0 saturated carbocycles. The molecule has 0 bridgehead atoms. The van der Waals surface area contributed by atoms with Crippen molar-refractivity contribution in [3.05, 3.63) is 34.2 Å². The maximum atomic E-state index is 13.8. The van der Waals surface area contributed by atoms with Crippen LogP contribution in [0, 0.1) is 17.6 Å². The third-order valence-corrected chi connectivity index (χ3v) is 4.34. The molecule has 0 radical (unpaired) electrons. The van der Waals surface area contributed by atoms with E-state index >= 15 is 0 Å². The molecule has 0 saturated heterocycles. The number of thiophene rings is 1. The minimum absolute atomic E-state index is 0.454. The molecule has 0 aliphatic heterocycles. The Morgan fingerprint density at radius 3 is 2.63 bits per heavy atom. The fraction of sp³-hybridized carbons (Fsp3) is 0.467. The molecule has 0 fully saturated rings. The lowest BCUT2D eigenvalue weighted by Gasteiger charge is -2.07. The first-order chi connectivity index (χ1) is 9.02. The van der Waals surface area contributed by atoms with Gasteiger partial charge in [-0.3, -0.25) is 0 Å². The molecule has 4 heteroatoms. The van der Waals surface area contributed by atoms with Crippen molar-refractivity contribution in [2.45, 2.75) is 33.7 Å². The van der Waals surface area contributed by atoms with Crippen LogP contribution in [0.15, 0.2) is 12.1 Å². The minimum atomic E-state index is -0.501. The second-order valence-corrected chi connectivity index (χ2v) is 6.25. The van der Waals surface area contributed by atoms with Gasteiger partial charge in [0, 0.05) is 22.9 Å². The van der Waals surface area contributed by atoms with Gasteiger partial charge < -0.3 is 5.32 Å². The van der Waals surface area contributed by atoms with E-state index in [4.69, 9.17) is 0 Å². The van der Waals surface area contributed by atoms with Gasteiger partial charge in [0.25, 0.3) is 0 Å². The first kappa shape index (κ1) is 14.4. The van der Waals surface area contributed by atoms with Crippen LogP contribution in [-0.2, 0) is 13.0 Å². The predicted octanol–water partition coefficient (Wildman–Crippen LogP) is 4.49. The molecule has 0 spiro atoms. The fourth-order valence-electron chi connectivity index (χ4n) is 2.23. The summed E-state index contributed by atoms with van der Waals surface area (Å²) in [4.78, 5) is 1.11. The molecule has 1 nitrogen and oxygen atoms in total. The number of benzene rings is 1. The molecule has 2 rings (SSSR count). The van der Waals surface area contributed by atoms with Crippen LogP contribution in [0.5, 0.6) is 0 Å². The molecule has 1 heterocycles. The van der Waals surface area contributed by atoms with Gasteiger partial charge in [-0.2, -0.15) is 0 Å². The summed E-state index contributed by atoms with van der Waals surface area (Å²) in [5, 5.41) is 4.09. The number of fused-ring (bicyclic) bond motifs is 1. The Morgan fingerprint density at radius 2 is 2.00 bits per heavy atom. The summed E-state index contributed by atoms with van der Waals surface area (Å²) in [5.74, 6) is -0.377. The van der Waals surface area contributed by atoms with Crippen LogP contribution in [-0.4, -0.2) is 6.54 Å². The van der Waals surface area contributed by atoms with Crippen molar-refractivity contribution in [2.24, 2.45) is 5.92 Å². The highest BCUT2D eigenvalue weighted by molar-refractivity contribution is 7.19. The summed E-state index contributed by atoms with van der Waals surface area (Å²) < 4.78 is 27.7. The number of rotatable bonds is 5. The van der Waals surface area contributed by atoms with E-state index in [2.05, 4.69) is 19.2 Å². The van der Waals surface area contributed by atoms with E-state index in [1.165, 1.54) is 17.4 Å². The van der Waals surface area contributed by atoms with Crippen molar-refractivity contribution in [3.63, 3.8) is 0 Å². The Bertz CT molecular complexity index is 575. The summed E-state index contributed by atoms with van der Waals surface area (Å²) in [6.45, 7) is 7.97. The van der Waals surface area contributed by atoms with Crippen molar-refractivity contribution in [3.8, 4) is 0 Å². The summed E-state index contributed by atoms with van der Waals surface area (Å²) in [6, 6.07) is 2.41. The average molecular weight is 283 g/mol. The summed E-state index contributed by atoms with van der Waals surface area (Å²) in [6.07, 6.45) is 0.793. The third-order valence-electron chi connectivity index (χ3n) is 3.09. The molecule has 19 heavy (non-hydrogen) atoms. The minimum Gasteiger partial charge on any atom is -0.312 e. The van der Waals surface area contributed by atoms with Gasteiger partial charge in [-0.25, -0.2) is 8.78 Å². The highest BCUT2D eigenvalue weighted by Gasteiger charge is 2.15. The number of halogens is 2. The molecule has 1 N–H and O–H groups in total. The van der Waals surface area contributed by atoms with Gasteiger partial charge in [-0.15, -0.1) is 11.3 Å². The number of aryl methyl sites for hydroxylation is 1. The van der Waals surface area contributed by atoms with Crippen LogP contribution in [0.25, 0.3) is 10.1 Å². The van der Waals surface area contributed by atoms with Gasteiger partial charge in [0.1, 0.15) is 11.6 Å². The topological polar surface area (TPSA) is 12.0 Å². The second kappa shape index (κ2) is 5.97. The molecule has 2 aromatic rings. The van der Waals surface area contributed by atoms with Gasteiger partial charge in [-0.05, 0) is 30.5 Å². The van der Waals surface area contributed by atoms with Gasteiger partial charge >= 0.3 is 0 Å². The van der Waals surface area contributed by atoms with E-state index < -0.39 is 11.6 Å². The highest BCUT2D eigenvalue weighted by Crippen LogP contribution is 2.34. The standard InChI is InChI=1S/C15H19F2NS/c1-4-11-12-5-10(16)6-13(17)15(12)19-14(11)8-18-7-9(2)3/h5-6,9,18H,4,7-8H2,1-3H3. The third kappa shape index (κ3) is 3.12. The zero-order chi connectivity index (χ0) is 14.0. The van der Waals surface area contributed by atoms with E-state index in [-0.39, 0.29) is 0 Å². The maximum Gasteiger partial charge on any atom is 0.143 e. The van der Waals surface area contributed by atoms with Crippen molar-refractivity contribution in [1.82, 2.24) is 5.32 Å². The van der Waals surface area contributed by atoms with E-state index in [1.54, 1.807) is 0 Å². The Morgan fingerprint density at radius 1 is 1.26 bits per heavy atom. The molecule has 0 amide bonds. The van der Waals surface area contributed by atoms with Gasteiger partial charge in [0.15, 0.2) is 0 Å². The Balaban J connectivity index is 2.36. The predicted molar refractivity (Wildman–Crippen MR) is 77.7 cm³/mol. The lowest BCUT2D eigenvalue weighted by molar-refractivity contribution is 0.554. The second-order valence-electron chi connectivity index (χ2n) is 5.15. The van der Waals surface area contributed by atoms with Gasteiger partial charge in [0.05, 0.1) is 4.70 Å². The normalized spacial score (nSPS) is 11.7. The van der Waals surface area contributed by atoms with Crippen molar-refractivity contribution in [1.29, 1.82) is 0 Å². The Labute approximate surface area is 116 Å². The highest BCUT2D eigenvalue weighted by atomic mass is 32.1. The van der Waals surface area contributed by atoms with E-state index in [1.807, 2.05) is 6.92 Å². The van der Waals surface area contributed by atoms with Crippen LogP contribution in [0.2, 0.25) is 0 Å². The first-order valence-electron chi connectivity index (χ1n) is 6.63. The summed E-state index contributed by atoms with van der Waals surface area (Å²) in [5.41, 5.74) is 1.06. The molecule has 0 unspecified atom stereocenters. The number of hydrogen-bond acceptors (Lipinski definition) is 2. The van der Waals surface area contributed by atoms with Crippen LogP contribution >= 0.6 is 11.3 Å². The number of nitrogens with one attached hydrogen (secondary N) is 1. The van der Waals surface area contributed by atoms with Crippen LogP contribution < -0.4 is 5.32 Å². The molecule has 1 aromatic heterocycles. The quantitative estimate of drug-likeness (QED) is 0.852. The lowest BCUT2D eigenvalue weighted by Crippen LogP contribution is -2.18. The first-order valence-corrected chi connectivity index (χ1v) is 7.44. The summed E-state index contributed by atoms with van der Waals surface area (Å²) in [7, 11) is 0. The van der Waals surface area contributed by atoms with Crippen LogP contribution in [0.1, 0.15) is 31.2 Å². The SMILES string of the molecule is CCc1c(CNCC(C)C)sc2c(F)cc(F)cc12. The fourth-order valence-corrected chi connectivity index (χ4v) is 3.47. The molecule has 1 aromatic carbocycles. The zero-order valence-corrected chi connectivity index (χ0v) is 12.3. The van der Waals surface area contributed by atoms with E-state index in [9.17, 15) is 8.78 Å². The monoisotopic (exact) mass is 283 g/mol. The van der Waals surface area contributed by atoms with Crippen LogP contribution in [0.3, 0.4) is 0 Å². The maximum absolute atomic E-state index is 13.8. The van der Waals surface area contributed by atoms with Gasteiger partial charge in [0.2, 0.25) is 0 Å². The van der Waals surface area contributed by atoms with E-state index in [0.29, 0.717) is 10.6 Å². The Kier molecular flexibility index (Phi) is 4.53. The molecular formula is C15H19F2NS. The molecular weight excluding hydrogens is 264 g/mol. The molecule has 104 valence electrons. The molecule has 0 atom stereocenters. The molecule has 0 aliphatic carbocycles. The largest absolute Gasteiger partial charge is 0.312 e. The number of hydrogen-bond donors (Lipinski definition) is 1.